The second kappa shape index (κ2) is 16.2. The predicted molar refractivity (Wildman–Crippen MR) is 178 cm³/mol. The van der Waals surface area contributed by atoms with Gasteiger partial charge in [-0.1, -0.05) is 34.6 Å². The number of carbonyl (C=O) groups is 2. The molecular formula is C36H64O13. The van der Waals surface area contributed by atoms with Gasteiger partial charge < -0.3 is 54.0 Å². The van der Waals surface area contributed by atoms with Crippen LogP contribution in [0, 0.1) is 29.6 Å². The van der Waals surface area contributed by atoms with Crippen molar-refractivity contribution in [3.63, 3.8) is 0 Å². The zero-order valence-corrected chi connectivity index (χ0v) is 31.5. The quantitative estimate of drug-likeness (QED) is 0.254. The van der Waals surface area contributed by atoms with Gasteiger partial charge in [-0.2, -0.15) is 0 Å². The average Bonchev–Trinajstić information content (AvgIpc) is 3.02. The van der Waals surface area contributed by atoms with Gasteiger partial charge in [0, 0.05) is 31.3 Å². The first kappa shape index (κ1) is 42.2. The highest BCUT2D eigenvalue weighted by atomic mass is 16.7. The Morgan fingerprint density at radius 3 is 2.04 bits per heavy atom. The van der Waals surface area contributed by atoms with Gasteiger partial charge >= 0.3 is 5.97 Å². The summed E-state index contributed by atoms with van der Waals surface area (Å²) in [6.45, 7) is 18.2. The van der Waals surface area contributed by atoms with Crippen molar-refractivity contribution in [3.8, 4) is 0 Å². The van der Waals surface area contributed by atoms with E-state index in [-0.39, 0.29) is 31.3 Å². The number of hydrogen-bond acceptors (Lipinski definition) is 13. The van der Waals surface area contributed by atoms with E-state index in [0.717, 1.165) is 0 Å². The molecule has 13 heteroatoms. The van der Waals surface area contributed by atoms with Crippen molar-refractivity contribution in [2.24, 2.45) is 29.6 Å². The van der Waals surface area contributed by atoms with Crippen LogP contribution in [0.1, 0.15) is 102 Å². The molecule has 3 heterocycles. The Bertz CT molecular complexity index is 1110. The summed E-state index contributed by atoms with van der Waals surface area (Å²) < 4.78 is 36.8. The van der Waals surface area contributed by atoms with Crippen molar-refractivity contribution in [1.29, 1.82) is 0 Å². The van der Waals surface area contributed by atoms with E-state index in [1.165, 1.54) is 27.9 Å². The largest absolute Gasteiger partial charge is 0.459 e. The minimum absolute atomic E-state index is 0.100. The molecule has 0 aromatic carbocycles. The molecule has 0 radical (unpaired) electrons. The number of aliphatic hydroxyl groups excluding tert-OH is 3. The van der Waals surface area contributed by atoms with E-state index < -0.39 is 108 Å². The summed E-state index contributed by atoms with van der Waals surface area (Å²) in [5.74, 6) is -5.08. The Hall–Kier alpha value is -1.26. The predicted octanol–water partition coefficient (Wildman–Crippen LogP) is 2.49. The summed E-state index contributed by atoms with van der Waals surface area (Å²) in [7, 11) is 1.48. The van der Waals surface area contributed by atoms with Gasteiger partial charge in [0.2, 0.25) is 0 Å². The fourth-order valence-corrected chi connectivity index (χ4v) is 8.16. The van der Waals surface area contributed by atoms with Gasteiger partial charge in [-0.15, -0.1) is 0 Å². The molecule has 0 bridgehead atoms. The van der Waals surface area contributed by atoms with Gasteiger partial charge in [0.1, 0.15) is 29.7 Å². The van der Waals surface area contributed by atoms with Crippen LogP contribution in [0.25, 0.3) is 0 Å². The molecule has 18 atom stereocenters. The van der Waals surface area contributed by atoms with Crippen LogP contribution in [-0.2, 0) is 38.0 Å². The number of ketones is 1. The lowest BCUT2D eigenvalue weighted by Gasteiger charge is -2.48. The molecule has 13 nitrogen and oxygen atoms in total. The lowest BCUT2D eigenvalue weighted by Crippen LogP contribution is -2.60. The maximum Gasteiger partial charge on any atom is 0.311 e. The highest BCUT2D eigenvalue weighted by molar-refractivity contribution is 5.83. The Labute approximate surface area is 291 Å². The van der Waals surface area contributed by atoms with Crippen molar-refractivity contribution in [2.45, 2.75) is 180 Å². The zero-order valence-electron chi connectivity index (χ0n) is 31.5. The summed E-state index contributed by atoms with van der Waals surface area (Å²) >= 11 is 0. The standard InChI is InChI=1S/C36H64O13/c1-13-24-36(11,43)29(39)20(5)26(37)18(3)15-34(9,42)31(49-33-27(38)17(2)14-19(4)45-33)21(6)28(22(7)32(41)47-24)48-25-16-35(10,44-12)30(40)23(8)46-25/h17-25,27-31,33,38-40,42-43H,13-16H2,1-12H3/t17?,18-,19?,20+,21?,22?,23?,24?,25?,27-,28?,29-,30+,31-,33?,34+,35-,36-/m1/s1. The third-order valence-corrected chi connectivity index (χ3v) is 11.5. The highest BCUT2D eigenvalue weighted by Crippen LogP contribution is 2.41. The average molecular weight is 705 g/mol. The minimum Gasteiger partial charge on any atom is -0.459 e. The van der Waals surface area contributed by atoms with Gasteiger partial charge in [0.25, 0.3) is 0 Å². The molecule has 286 valence electrons. The van der Waals surface area contributed by atoms with Gasteiger partial charge in [-0.05, 0) is 66.7 Å². The molecule has 0 spiro atoms. The first-order chi connectivity index (χ1) is 22.5. The lowest BCUT2D eigenvalue weighted by atomic mass is 9.74. The Kier molecular flexibility index (Phi) is 13.9. The van der Waals surface area contributed by atoms with E-state index in [4.69, 9.17) is 28.4 Å². The maximum absolute atomic E-state index is 14.0. The molecule has 49 heavy (non-hydrogen) atoms. The molecule has 3 saturated heterocycles. The van der Waals surface area contributed by atoms with Crippen LogP contribution in [0.4, 0.5) is 0 Å². The Morgan fingerprint density at radius 2 is 1.47 bits per heavy atom. The van der Waals surface area contributed by atoms with Crippen molar-refractivity contribution in [2.75, 3.05) is 7.11 Å². The van der Waals surface area contributed by atoms with Crippen LogP contribution in [0.5, 0.6) is 0 Å². The van der Waals surface area contributed by atoms with Crippen LogP contribution < -0.4 is 0 Å². The number of methoxy groups -OCH3 is 1. The van der Waals surface area contributed by atoms with E-state index in [9.17, 15) is 35.1 Å². The first-order valence-electron chi connectivity index (χ1n) is 17.9. The van der Waals surface area contributed by atoms with Gasteiger partial charge in [0.05, 0.1) is 47.6 Å². The summed E-state index contributed by atoms with van der Waals surface area (Å²) in [6, 6.07) is 0. The van der Waals surface area contributed by atoms with E-state index in [1.807, 2.05) is 13.8 Å². The minimum atomic E-state index is -1.99. The number of cyclic esters (lactones) is 1. The molecule has 0 aromatic rings. The van der Waals surface area contributed by atoms with Crippen LogP contribution >= 0.6 is 0 Å². The van der Waals surface area contributed by atoms with Crippen molar-refractivity contribution in [3.05, 3.63) is 0 Å². The summed E-state index contributed by atoms with van der Waals surface area (Å²) in [4.78, 5) is 27.7. The number of esters is 1. The molecule has 5 N–H and O–H groups in total. The topological polar surface area (TPSA) is 191 Å². The monoisotopic (exact) mass is 704 g/mol. The number of ether oxygens (including phenoxy) is 6. The second-order valence-corrected chi connectivity index (χ2v) is 15.9. The maximum atomic E-state index is 14.0. The fourth-order valence-electron chi connectivity index (χ4n) is 8.16. The third kappa shape index (κ3) is 9.04. The van der Waals surface area contributed by atoms with Gasteiger partial charge in [-0.25, -0.2) is 0 Å². The van der Waals surface area contributed by atoms with E-state index in [1.54, 1.807) is 41.5 Å². The van der Waals surface area contributed by atoms with Crippen LogP contribution in [0.3, 0.4) is 0 Å². The summed E-state index contributed by atoms with van der Waals surface area (Å²) in [5.41, 5.74) is -4.80. The molecule has 0 amide bonds. The van der Waals surface area contributed by atoms with Gasteiger partial charge in [0.15, 0.2) is 12.6 Å². The normalized spacial score (nSPS) is 51.2. The van der Waals surface area contributed by atoms with E-state index in [0.29, 0.717) is 6.42 Å². The van der Waals surface area contributed by atoms with Crippen LogP contribution in [0.15, 0.2) is 0 Å². The number of rotatable bonds is 6. The third-order valence-electron chi connectivity index (χ3n) is 11.5. The smallest absolute Gasteiger partial charge is 0.311 e. The molecule has 3 fully saturated rings. The molecule has 0 saturated carbocycles. The van der Waals surface area contributed by atoms with Crippen LogP contribution in [0.2, 0.25) is 0 Å². The number of aliphatic hydroxyl groups is 5. The second-order valence-electron chi connectivity index (χ2n) is 15.9. The fraction of sp³-hybridized carbons (Fsp3) is 0.944. The highest BCUT2D eigenvalue weighted by Gasteiger charge is 2.53. The summed E-state index contributed by atoms with van der Waals surface area (Å²) in [6.07, 6.45) is -9.35. The zero-order chi connectivity index (χ0) is 37.4. The Morgan fingerprint density at radius 1 is 0.857 bits per heavy atom. The van der Waals surface area contributed by atoms with Crippen molar-refractivity contribution < 1.29 is 63.5 Å². The molecule has 0 aliphatic carbocycles. The number of hydrogen-bond donors (Lipinski definition) is 5. The van der Waals surface area contributed by atoms with Crippen molar-refractivity contribution in [1.82, 2.24) is 0 Å². The molecule has 3 aliphatic rings. The molecule has 3 rings (SSSR count). The molecule has 3 aliphatic heterocycles. The molecular weight excluding hydrogens is 640 g/mol. The van der Waals surface area contributed by atoms with E-state index >= 15 is 0 Å². The lowest BCUT2D eigenvalue weighted by molar-refractivity contribution is -0.317. The molecule has 9 unspecified atom stereocenters. The number of carbonyl (C=O) groups excluding carboxylic acids is 2. The van der Waals surface area contributed by atoms with Crippen molar-refractivity contribution >= 4 is 11.8 Å². The van der Waals surface area contributed by atoms with Crippen LogP contribution in [-0.4, -0.2) is 123 Å². The number of Topliss-reactive ketones (excluding diaryl/α,β-unsaturated/α-hetero) is 1. The van der Waals surface area contributed by atoms with E-state index in [2.05, 4.69) is 0 Å². The SMILES string of the molecule is CCC1OC(=O)C(C)C(OC2C[C@@](C)(OC)[C@@H](O)C(C)O2)C(C)[C@@H](OC2OC(C)CC(C)[C@H]2O)[C@@](C)(O)C[C@@H](C)C(=O)[C@H](C)[C@@H](O)[C@]1(C)O. The molecule has 0 aromatic heterocycles. The van der Waals surface area contributed by atoms with Gasteiger partial charge in [-0.3, -0.25) is 9.59 Å². The first-order valence-corrected chi connectivity index (χ1v) is 17.9. The summed E-state index contributed by atoms with van der Waals surface area (Å²) in [5, 5.41) is 57.1. The Balaban J connectivity index is 2.17.